The molecule has 2 heterocycles. The highest BCUT2D eigenvalue weighted by atomic mass is 35.5. The minimum atomic E-state index is -0.283. The van der Waals surface area contributed by atoms with Crippen LogP contribution in [-0.2, 0) is 6.54 Å². The molecule has 0 N–H and O–H groups in total. The van der Waals surface area contributed by atoms with Gasteiger partial charge >= 0.3 is 0 Å². The minimum Gasteiger partial charge on any atom is -0.419 e. The van der Waals surface area contributed by atoms with E-state index in [-0.39, 0.29) is 12.1 Å². The van der Waals surface area contributed by atoms with Crippen LogP contribution in [-0.4, -0.2) is 19.7 Å². The molecule has 0 aliphatic rings. The lowest BCUT2D eigenvalue weighted by Gasteiger charge is -2.05. The first-order valence-electron chi connectivity index (χ1n) is 7.34. The fourth-order valence-electron chi connectivity index (χ4n) is 2.47. The molecule has 0 bridgehead atoms. The molecule has 8 heteroatoms. The van der Waals surface area contributed by atoms with Crippen LogP contribution >= 0.6 is 23.2 Å². The predicted octanol–water partition coefficient (Wildman–Crippen LogP) is 3.80. The summed E-state index contributed by atoms with van der Waals surface area (Å²) in [6, 6.07) is 12.5. The van der Waals surface area contributed by atoms with Gasteiger partial charge in [0, 0.05) is 10.6 Å². The molecule has 0 saturated carbocycles. The van der Waals surface area contributed by atoms with Gasteiger partial charge in [-0.3, -0.25) is 9.36 Å². The molecule has 124 valence electrons. The SMILES string of the molecule is O=c1c2cc(Cl)cc(Cl)c2ncn1Cc1nnc(-c2ccccc2)o1. The smallest absolute Gasteiger partial charge is 0.261 e. The van der Waals surface area contributed by atoms with Gasteiger partial charge in [0.15, 0.2) is 0 Å². The van der Waals surface area contributed by atoms with Crippen molar-refractivity contribution in [3.05, 3.63) is 75.1 Å². The second-order valence-electron chi connectivity index (χ2n) is 5.33. The number of nitrogens with zero attached hydrogens (tertiary/aromatic N) is 4. The highest BCUT2D eigenvalue weighted by molar-refractivity contribution is 6.38. The lowest BCUT2D eigenvalue weighted by Crippen LogP contribution is -2.21. The van der Waals surface area contributed by atoms with Crippen LogP contribution in [0.3, 0.4) is 0 Å². The lowest BCUT2D eigenvalue weighted by molar-refractivity contribution is 0.483. The van der Waals surface area contributed by atoms with Crippen molar-refractivity contribution in [3.63, 3.8) is 0 Å². The molecular formula is C17H10Cl2N4O2. The maximum Gasteiger partial charge on any atom is 0.261 e. The summed E-state index contributed by atoms with van der Waals surface area (Å²) in [7, 11) is 0. The lowest BCUT2D eigenvalue weighted by atomic mass is 10.2. The van der Waals surface area contributed by atoms with Gasteiger partial charge in [0.05, 0.1) is 22.3 Å². The molecule has 0 amide bonds. The molecule has 0 unspecified atom stereocenters. The second kappa shape index (κ2) is 6.31. The van der Waals surface area contributed by atoms with Gasteiger partial charge in [0.2, 0.25) is 11.8 Å². The number of hydrogen-bond acceptors (Lipinski definition) is 5. The van der Waals surface area contributed by atoms with Crippen molar-refractivity contribution in [3.8, 4) is 11.5 Å². The van der Waals surface area contributed by atoms with E-state index in [9.17, 15) is 4.79 Å². The van der Waals surface area contributed by atoms with Gasteiger partial charge in [-0.05, 0) is 24.3 Å². The Balaban J connectivity index is 1.71. The Morgan fingerprint density at radius 2 is 1.88 bits per heavy atom. The van der Waals surface area contributed by atoms with Crippen LogP contribution in [0.2, 0.25) is 10.0 Å². The van der Waals surface area contributed by atoms with Gasteiger partial charge in [-0.25, -0.2) is 4.98 Å². The van der Waals surface area contributed by atoms with E-state index in [1.165, 1.54) is 17.0 Å². The minimum absolute atomic E-state index is 0.103. The number of rotatable bonds is 3. The first-order chi connectivity index (χ1) is 12.1. The van der Waals surface area contributed by atoms with Crippen LogP contribution in [0.15, 0.2) is 58.0 Å². The predicted molar refractivity (Wildman–Crippen MR) is 94.9 cm³/mol. The molecule has 6 nitrogen and oxygen atoms in total. The molecule has 0 saturated heterocycles. The van der Waals surface area contributed by atoms with Crippen molar-refractivity contribution in [1.29, 1.82) is 0 Å². The van der Waals surface area contributed by atoms with Crippen LogP contribution in [0.5, 0.6) is 0 Å². The zero-order valence-electron chi connectivity index (χ0n) is 12.7. The Bertz CT molecular complexity index is 1120. The molecule has 25 heavy (non-hydrogen) atoms. The highest BCUT2D eigenvalue weighted by Crippen LogP contribution is 2.24. The van der Waals surface area contributed by atoms with Gasteiger partial charge in [-0.1, -0.05) is 41.4 Å². The summed E-state index contributed by atoms with van der Waals surface area (Å²) in [6.07, 6.45) is 1.40. The molecule has 0 atom stereocenters. The van der Waals surface area contributed by atoms with E-state index >= 15 is 0 Å². The zero-order valence-corrected chi connectivity index (χ0v) is 14.2. The van der Waals surface area contributed by atoms with Crippen LogP contribution in [0.1, 0.15) is 5.89 Å². The van der Waals surface area contributed by atoms with Crippen molar-refractivity contribution in [2.24, 2.45) is 0 Å². The summed E-state index contributed by atoms with van der Waals surface area (Å²) in [6.45, 7) is 0.103. The molecule has 0 spiro atoms. The van der Waals surface area contributed by atoms with Crippen molar-refractivity contribution in [2.75, 3.05) is 0 Å². The summed E-state index contributed by atoms with van der Waals surface area (Å²) < 4.78 is 7.00. The van der Waals surface area contributed by atoms with Gasteiger partial charge < -0.3 is 4.42 Å². The van der Waals surface area contributed by atoms with Gasteiger partial charge in [-0.15, -0.1) is 10.2 Å². The third-order valence-electron chi connectivity index (χ3n) is 3.64. The summed E-state index contributed by atoms with van der Waals surface area (Å²) in [5, 5.41) is 9.03. The van der Waals surface area contributed by atoms with Crippen molar-refractivity contribution in [2.45, 2.75) is 6.54 Å². The summed E-state index contributed by atoms with van der Waals surface area (Å²) in [5.74, 6) is 0.693. The van der Waals surface area contributed by atoms with E-state index in [0.29, 0.717) is 32.7 Å². The second-order valence-corrected chi connectivity index (χ2v) is 6.17. The monoisotopic (exact) mass is 372 g/mol. The van der Waals surface area contributed by atoms with E-state index in [1.54, 1.807) is 6.07 Å². The standard InChI is InChI=1S/C17H10Cl2N4O2/c18-11-6-12-15(13(19)7-11)20-9-23(17(12)24)8-14-21-22-16(25-14)10-4-2-1-3-5-10/h1-7,9H,8H2. The van der Waals surface area contributed by atoms with E-state index in [0.717, 1.165) is 5.56 Å². The maximum absolute atomic E-state index is 12.6. The molecule has 0 aliphatic carbocycles. The Morgan fingerprint density at radius 3 is 2.68 bits per heavy atom. The average molecular weight is 373 g/mol. The molecule has 0 fully saturated rings. The first kappa shape index (κ1) is 15.8. The molecule has 2 aromatic heterocycles. The summed E-state index contributed by atoms with van der Waals surface area (Å²) in [4.78, 5) is 16.9. The van der Waals surface area contributed by atoms with Crippen molar-refractivity contribution >= 4 is 34.1 Å². The maximum atomic E-state index is 12.6. The van der Waals surface area contributed by atoms with Crippen LogP contribution < -0.4 is 5.56 Å². The van der Waals surface area contributed by atoms with E-state index in [2.05, 4.69) is 15.2 Å². The van der Waals surface area contributed by atoms with E-state index < -0.39 is 0 Å². The number of hydrogen-bond donors (Lipinski definition) is 0. The Labute approximate surface area is 151 Å². The van der Waals surface area contributed by atoms with Crippen molar-refractivity contribution in [1.82, 2.24) is 19.7 Å². The highest BCUT2D eigenvalue weighted by Gasteiger charge is 2.13. The normalized spacial score (nSPS) is 11.1. The van der Waals surface area contributed by atoms with E-state index in [1.807, 2.05) is 30.3 Å². The van der Waals surface area contributed by atoms with Gasteiger partial charge in [0.1, 0.15) is 6.54 Å². The summed E-state index contributed by atoms with van der Waals surface area (Å²) >= 11 is 12.1. The zero-order chi connectivity index (χ0) is 17.4. The van der Waals surface area contributed by atoms with Crippen LogP contribution in [0.4, 0.5) is 0 Å². The Morgan fingerprint density at radius 1 is 1.08 bits per heavy atom. The van der Waals surface area contributed by atoms with Gasteiger partial charge in [-0.2, -0.15) is 0 Å². The molecule has 0 aliphatic heterocycles. The van der Waals surface area contributed by atoms with Crippen LogP contribution in [0, 0.1) is 0 Å². The van der Waals surface area contributed by atoms with Gasteiger partial charge in [0.25, 0.3) is 5.56 Å². The Hall–Kier alpha value is -2.70. The number of benzene rings is 2. The third kappa shape index (κ3) is 3.01. The third-order valence-corrected chi connectivity index (χ3v) is 4.15. The topological polar surface area (TPSA) is 73.8 Å². The number of fused-ring (bicyclic) bond motifs is 1. The quantitative estimate of drug-likeness (QED) is 0.546. The molecule has 0 radical (unpaired) electrons. The molecule has 4 aromatic rings. The van der Waals surface area contributed by atoms with E-state index in [4.69, 9.17) is 27.6 Å². The van der Waals surface area contributed by atoms with Crippen LogP contribution in [0.25, 0.3) is 22.4 Å². The fraction of sp³-hybridized carbons (Fsp3) is 0.0588. The fourth-order valence-corrected chi connectivity index (χ4v) is 3.01. The molecule has 2 aromatic carbocycles. The summed E-state index contributed by atoms with van der Waals surface area (Å²) in [5.41, 5.74) is 0.931. The number of halogens is 2. The largest absolute Gasteiger partial charge is 0.419 e. The molecule has 4 rings (SSSR count). The first-order valence-corrected chi connectivity index (χ1v) is 8.09. The van der Waals surface area contributed by atoms with Crippen molar-refractivity contribution < 1.29 is 4.42 Å². The Kier molecular flexibility index (Phi) is 3.99. The number of aromatic nitrogens is 4. The molecular weight excluding hydrogens is 363 g/mol. The average Bonchev–Trinajstić information content (AvgIpc) is 3.07.